The van der Waals surface area contributed by atoms with Gasteiger partial charge in [0, 0.05) is 38.9 Å². The molecule has 0 aliphatic carbocycles. The molecule has 0 saturated carbocycles. The van der Waals surface area contributed by atoms with Crippen LogP contribution in [0.3, 0.4) is 0 Å². The van der Waals surface area contributed by atoms with E-state index in [-0.39, 0.29) is 22.6 Å². The molecule has 1 saturated heterocycles. The number of benzene rings is 1. The number of halogens is 2. The van der Waals surface area contributed by atoms with E-state index in [0.717, 1.165) is 13.1 Å². The van der Waals surface area contributed by atoms with E-state index in [2.05, 4.69) is 9.88 Å². The minimum Gasteiger partial charge on any atom is -0.352 e. The van der Waals surface area contributed by atoms with Gasteiger partial charge in [0.1, 0.15) is 11.5 Å². The standard InChI is InChI=1S/C24H24F2N4O2/c1-3-29-15-19(21(31)9-6-16-4-7-17(25)8-5-16)22(32)18-14-20(26)24(27-23(18)29)30-12-10-28(2)11-13-30/h4-9,14-15H,3,10-13H2,1-2H3. The Labute approximate surface area is 184 Å². The van der Waals surface area contributed by atoms with Crippen LogP contribution in [0, 0.1) is 11.6 Å². The molecule has 4 rings (SSSR count). The maximum Gasteiger partial charge on any atom is 0.202 e. The van der Waals surface area contributed by atoms with Crippen molar-refractivity contribution in [1.29, 1.82) is 0 Å². The van der Waals surface area contributed by atoms with Crippen LogP contribution in [-0.4, -0.2) is 53.5 Å². The van der Waals surface area contributed by atoms with E-state index in [1.807, 2.05) is 18.9 Å². The zero-order valence-corrected chi connectivity index (χ0v) is 18.0. The molecule has 1 aliphatic rings. The van der Waals surface area contributed by atoms with Crippen LogP contribution in [0.15, 0.2) is 47.4 Å². The number of rotatable bonds is 5. The molecule has 0 bridgehead atoms. The summed E-state index contributed by atoms with van der Waals surface area (Å²) >= 11 is 0. The van der Waals surface area contributed by atoms with Crippen LogP contribution in [0.25, 0.3) is 17.1 Å². The Balaban J connectivity index is 1.73. The third-order valence-electron chi connectivity index (χ3n) is 5.69. The number of pyridine rings is 2. The predicted molar refractivity (Wildman–Crippen MR) is 121 cm³/mol. The number of ketones is 1. The van der Waals surface area contributed by atoms with Crippen LogP contribution in [0.5, 0.6) is 0 Å². The second-order valence-electron chi connectivity index (χ2n) is 7.86. The number of likely N-dealkylation sites (N-methyl/N-ethyl adjacent to an activating group) is 1. The van der Waals surface area contributed by atoms with Crippen molar-refractivity contribution in [3.63, 3.8) is 0 Å². The van der Waals surface area contributed by atoms with E-state index >= 15 is 0 Å². The number of anilines is 1. The van der Waals surface area contributed by atoms with Gasteiger partial charge in [-0.25, -0.2) is 13.8 Å². The highest BCUT2D eigenvalue weighted by Crippen LogP contribution is 2.22. The van der Waals surface area contributed by atoms with E-state index in [9.17, 15) is 18.4 Å². The number of piperazine rings is 1. The summed E-state index contributed by atoms with van der Waals surface area (Å²) in [6, 6.07) is 6.82. The fourth-order valence-corrected chi connectivity index (χ4v) is 3.77. The lowest BCUT2D eigenvalue weighted by Gasteiger charge is -2.33. The average molecular weight is 438 g/mol. The Kier molecular flexibility index (Phi) is 6.14. The van der Waals surface area contributed by atoms with Crippen molar-refractivity contribution in [3.05, 3.63) is 75.6 Å². The molecule has 0 spiro atoms. The molecule has 0 atom stereocenters. The average Bonchev–Trinajstić information content (AvgIpc) is 2.79. The van der Waals surface area contributed by atoms with Crippen molar-refractivity contribution in [3.8, 4) is 0 Å². The number of fused-ring (bicyclic) bond motifs is 1. The molecule has 6 nitrogen and oxygen atoms in total. The topological polar surface area (TPSA) is 58.4 Å². The summed E-state index contributed by atoms with van der Waals surface area (Å²) in [5.74, 6) is -1.23. The second-order valence-corrected chi connectivity index (χ2v) is 7.86. The molecule has 32 heavy (non-hydrogen) atoms. The zero-order chi connectivity index (χ0) is 22.8. The second kappa shape index (κ2) is 9.00. The molecule has 1 aromatic carbocycles. The Morgan fingerprint density at radius 3 is 2.47 bits per heavy atom. The first-order valence-corrected chi connectivity index (χ1v) is 10.5. The normalized spacial score (nSPS) is 15.1. The minimum absolute atomic E-state index is 0.0636. The fraction of sp³-hybridized carbons (Fsp3) is 0.292. The third kappa shape index (κ3) is 4.31. The van der Waals surface area contributed by atoms with Crippen LogP contribution in [0.4, 0.5) is 14.6 Å². The van der Waals surface area contributed by atoms with Crippen molar-refractivity contribution in [2.24, 2.45) is 0 Å². The first-order chi connectivity index (χ1) is 15.4. The summed E-state index contributed by atoms with van der Waals surface area (Å²) in [6.45, 7) is 5.22. The van der Waals surface area contributed by atoms with Crippen molar-refractivity contribution in [2.45, 2.75) is 13.5 Å². The quantitative estimate of drug-likeness (QED) is 0.452. The highest BCUT2D eigenvalue weighted by atomic mass is 19.1. The Morgan fingerprint density at radius 1 is 1.12 bits per heavy atom. The summed E-state index contributed by atoms with van der Waals surface area (Å²) in [7, 11) is 2.01. The van der Waals surface area contributed by atoms with E-state index in [1.165, 1.54) is 48.7 Å². The van der Waals surface area contributed by atoms with E-state index in [4.69, 9.17) is 0 Å². The van der Waals surface area contributed by atoms with Gasteiger partial charge in [-0.15, -0.1) is 0 Å². The van der Waals surface area contributed by atoms with E-state index < -0.39 is 17.0 Å². The summed E-state index contributed by atoms with van der Waals surface area (Å²) in [5.41, 5.74) is 0.355. The van der Waals surface area contributed by atoms with Crippen molar-refractivity contribution in [1.82, 2.24) is 14.5 Å². The molecule has 0 amide bonds. The molecule has 166 valence electrons. The summed E-state index contributed by atoms with van der Waals surface area (Å²) in [6.07, 6.45) is 4.25. The largest absolute Gasteiger partial charge is 0.352 e. The number of carbonyl (C=O) groups is 1. The first kappa shape index (κ1) is 21.8. The molecule has 3 heterocycles. The molecule has 2 aromatic heterocycles. The number of carbonyl (C=O) groups excluding carboxylic acids is 1. The van der Waals surface area contributed by atoms with Gasteiger partial charge < -0.3 is 14.4 Å². The van der Waals surface area contributed by atoms with Gasteiger partial charge in [0.05, 0.1) is 10.9 Å². The molecule has 0 N–H and O–H groups in total. The number of hydrogen-bond donors (Lipinski definition) is 0. The smallest absolute Gasteiger partial charge is 0.202 e. The fourth-order valence-electron chi connectivity index (χ4n) is 3.77. The summed E-state index contributed by atoms with van der Waals surface area (Å²) < 4.78 is 29.7. The lowest BCUT2D eigenvalue weighted by molar-refractivity contribution is 0.104. The SMILES string of the molecule is CCn1cc(C(=O)C=Cc2ccc(F)cc2)c(=O)c2cc(F)c(N3CCN(C)CC3)nc21. The van der Waals surface area contributed by atoms with Crippen LogP contribution in [0.2, 0.25) is 0 Å². The minimum atomic E-state index is -0.576. The van der Waals surface area contributed by atoms with Crippen LogP contribution in [0.1, 0.15) is 22.8 Å². The molecular weight excluding hydrogens is 414 g/mol. The number of hydrogen-bond acceptors (Lipinski definition) is 5. The monoisotopic (exact) mass is 438 g/mol. The zero-order valence-electron chi connectivity index (χ0n) is 18.0. The predicted octanol–water partition coefficient (Wildman–Crippen LogP) is 3.34. The van der Waals surface area contributed by atoms with Crippen molar-refractivity contribution in [2.75, 3.05) is 38.1 Å². The lowest BCUT2D eigenvalue weighted by atomic mass is 10.1. The van der Waals surface area contributed by atoms with Crippen LogP contribution in [-0.2, 0) is 6.54 Å². The molecule has 1 aliphatic heterocycles. The number of aromatic nitrogens is 2. The van der Waals surface area contributed by atoms with Crippen LogP contribution >= 0.6 is 0 Å². The Morgan fingerprint density at radius 2 is 1.81 bits per heavy atom. The van der Waals surface area contributed by atoms with E-state index in [0.29, 0.717) is 30.8 Å². The van der Waals surface area contributed by atoms with Gasteiger partial charge in [0.25, 0.3) is 0 Å². The maximum atomic E-state index is 15.0. The van der Waals surface area contributed by atoms with Crippen LogP contribution < -0.4 is 10.3 Å². The first-order valence-electron chi connectivity index (χ1n) is 10.5. The Hall–Kier alpha value is -3.39. The number of nitrogens with zero attached hydrogens (tertiary/aromatic N) is 4. The molecule has 3 aromatic rings. The van der Waals surface area contributed by atoms with Gasteiger partial charge in [-0.2, -0.15) is 0 Å². The number of allylic oxidation sites excluding steroid dienone is 1. The van der Waals surface area contributed by atoms with Crippen molar-refractivity contribution >= 4 is 28.7 Å². The lowest BCUT2D eigenvalue weighted by Crippen LogP contribution is -2.45. The summed E-state index contributed by atoms with van der Waals surface area (Å²) in [4.78, 5) is 34.3. The summed E-state index contributed by atoms with van der Waals surface area (Å²) in [5, 5.41) is 0.0725. The molecular formula is C24H24F2N4O2. The molecule has 8 heteroatoms. The highest BCUT2D eigenvalue weighted by Gasteiger charge is 2.22. The van der Waals surface area contributed by atoms with Gasteiger partial charge in [-0.3, -0.25) is 9.59 Å². The molecule has 0 radical (unpaired) electrons. The molecule has 0 unspecified atom stereocenters. The van der Waals surface area contributed by atoms with Gasteiger partial charge in [-0.1, -0.05) is 18.2 Å². The van der Waals surface area contributed by atoms with Gasteiger partial charge in [0.2, 0.25) is 5.43 Å². The number of aryl methyl sites for hydroxylation is 1. The van der Waals surface area contributed by atoms with Crippen molar-refractivity contribution < 1.29 is 13.6 Å². The van der Waals surface area contributed by atoms with E-state index in [1.54, 1.807) is 4.57 Å². The molecule has 1 fully saturated rings. The van der Waals surface area contributed by atoms with Gasteiger partial charge in [-0.05, 0) is 43.8 Å². The Bertz CT molecular complexity index is 1240. The maximum absolute atomic E-state index is 15.0. The third-order valence-corrected chi connectivity index (χ3v) is 5.69. The van der Waals surface area contributed by atoms with Gasteiger partial charge >= 0.3 is 0 Å². The van der Waals surface area contributed by atoms with Gasteiger partial charge in [0.15, 0.2) is 17.4 Å². The highest BCUT2D eigenvalue weighted by molar-refractivity contribution is 6.08.